The van der Waals surface area contributed by atoms with Gasteiger partial charge < -0.3 is 25.6 Å². The lowest BCUT2D eigenvalue weighted by molar-refractivity contribution is 0.248. The number of benzene rings is 1. The maximum atomic E-state index is 10.5. The van der Waals surface area contributed by atoms with Gasteiger partial charge in [0.05, 0.1) is 19.8 Å². The molecule has 1 aromatic heterocycles. The van der Waals surface area contributed by atoms with Crippen LogP contribution in [0.5, 0.6) is 11.5 Å². The van der Waals surface area contributed by atoms with Crippen LogP contribution < -0.4 is 30.9 Å². The monoisotopic (exact) mass is 459 g/mol. The van der Waals surface area contributed by atoms with Crippen LogP contribution in [0.25, 0.3) is 0 Å². The number of hydrazine groups is 2. The quantitative estimate of drug-likeness (QED) is 0.363. The van der Waals surface area contributed by atoms with Crippen molar-refractivity contribution in [1.82, 2.24) is 15.5 Å². The van der Waals surface area contributed by atoms with E-state index in [4.69, 9.17) is 14.7 Å². The van der Waals surface area contributed by atoms with Gasteiger partial charge in [0.25, 0.3) is 0 Å². The highest BCUT2D eigenvalue weighted by atomic mass is 16.5. The van der Waals surface area contributed by atoms with Crippen molar-refractivity contribution in [3.05, 3.63) is 23.8 Å². The molecule has 10 nitrogen and oxygen atoms in total. The fourth-order valence-corrected chi connectivity index (χ4v) is 3.61. The van der Waals surface area contributed by atoms with E-state index in [1.807, 2.05) is 36.0 Å². The molecule has 1 aromatic carbocycles. The third-order valence-corrected chi connectivity index (χ3v) is 5.65. The summed E-state index contributed by atoms with van der Waals surface area (Å²) in [4.78, 5) is 9.56. The molecule has 3 rings (SSSR count). The lowest BCUT2D eigenvalue weighted by Crippen LogP contribution is -2.50. The van der Waals surface area contributed by atoms with Crippen molar-refractivity contribution in [2.45, 2.75) is 66.2 Å². The van der Waals surface area contributed by atoms with E-state index >= 15 is 0 Å². The van der Waals surface area contributed by atoms with Gasteiger partial charge in [-0.2, -0.15) is 9.97 Å². The van der Waals surface area contributed by atoms with Crippen LogP contribution >= 0.6 is 0 Å². The second-order valence-corrected chi connectivity index (χ2v) is 9.09. The van der Waals surface area contributed by atoms with Gasteiger partial charge in [-0.05, 0) is 39.7 Å². The van der Waals surface area contributed by atoms with E-state index in [9.17, 15) is 10.2 Å². The van der Waals surface area contributed by atoms with Crippen molar-refractivity contribution in [2.75, 3.05) is 34.4 Å². The first-order valence-corrected chi connectivity index (χ1v) is 11.4. The number of fused-ring (bicyclic) bond motifs is 1. The summed E-state index contributed by atoms with van der Waals surface area (Å²) in [6.07, 6.45) is 0. The number of rotatable bonds is 10. The van der Waals surface area contributed by atoms with Crippen molar-refractivity contribution in [3.8, 4) is 11.5 Å². The van der Waals surface area contributed by atoms with Crippen LogP contribution in [0.1, 0.15) is 47.1 Å². The van der Waals surface area contributed by atoms with Crippen LogP contribution in [-0.4, -0.2) is 52.0 Å². The predicted octanol–water partition coefficient (Wildman–Crippen LogP) is 3.09. The topological polar surface area (TPSA) is 118 Å². The summed E-state index contributed by atoms with van der Waals surface area (Å²) in [6, 6.07) is 5.50. The summed E-state index contributed by atoms with van der Waals surface area (Å²) in [6.45, 7) is 12.7. The van der Waals surface area contributed by atoms with E-state index in [1.54, 1.807) is 6.07 Å². The molecule has 1 atom stereocenters. The average molecular weight is 460 g/mol. The smallest absolute Gasteiger partial charge is 0.227 e. The summed E-state index contributed by atoms with van der Waals surface area (Å²) in [5.74, 6) is 2.51. The summed E-state index contributed by atoms with van der Waals surface area (Å²) >= 11 is 0. The Morgan fingerprint density at radius 3 is 2.33 bits per heavy atom. The fourth-order valence-electron chi connectivity index (χ4n) is 3.61. The van der Waals surface area contributed by atoms with E-state index in [0.29, 0.717) is 29.6 Å². The second kappa shape index (κ2) is 10.3. The van der Waals surface area contributed by atoms with Gasteiger partial charge in [-0.1, -0.05) is 26.0 Å². The lowest BCUT2D eigenvalue weighted by Gasteiger charge is -2.27. The van der Waals surface area contributed by atoms with Gasteiger partial charge in [0, 0.05) is 24.2 Å². The zero-order valence-corrected chi connectivity index (χ0v) is 20.5. The first-order chi connectivity index (χ1) is 15.7. The third kappa shape index (κ3) is 5.17. The molecule has 0 unspecified atom stereocenters. The number of aliphatic hydroxyl groups is 1. The van der Waals surface area contributed by atoms with E-state index in [1.165, 1.54) is 7.11 Å². The number of anilines is 4. The number of phenolic OH excluding ortho intramolecular Hbond substituents is 1. The minimum absolute atomic E-state index is 0.0250. The Morgan fingerprint density at radius 1 is 1.06 bits per heavy atom. The number of para-hydroxylation sites is 1. The summed E-state index contributed by atoms with van der Waals surface area (Å²) in [7, 11) is 1.53. The van der Waals surface area contributed by atoms with E-state index in [2.05, 4.69) is 43.9 Å². The van der Waals surface area contributed by atoms with Crippen LogP contribution in [0.3, 0.4) is 0 Å². The van der Waals surface area contributed by atoms with Gasteiger partial charge in [-0.15, -0.1) is 5.53 Å². The van der Waals surface area contributed by atoms with Crippen LogP contribution in [0.15, 0.2) is 18.2 Å². The highest BCUT2D eigenvalue weighted by Crippen LogP contribution is 2.41. The summed E-state index contributed by atoms with van der Waals surface area (Å²) < 4.78 is 5.24. The molecular weight excluding hydrogens is 422 g/mol. The van der Waals surface area contributed by atoms with Crippen molar-refractivity contribution in [1.29, 1.82) is 0 Å². The zero-order chi connectivity index (χ0) is 24.3. The van der Waals surface area contributed by atoms with Crippen molar-refractivity contribution in [3.63, 3.8) is 0 Å². The molecule has 0 bridgehead atoms. The Balaban J connectivity index is 2.04. The average Bonchev–Trinajstić information content (AvgIpc) is 3.16. The Hall–Kier alpha value is -2.98. The van der Waals surface area contributed by atoms with E-state index in [-0.39, 0.29) is 36.4 Å². The molecule has 0 saturated carbocycles. The van der Waals surface area contributed by atoms with Crippen molar-refractivity contribution in [2.24, 2.45) is 5.92 Å². The maximum absolute atomic E-state index is 10.5. The van der Waals surface area contributed by atoms with Gasteiger partial charge in [0.1, 0.15) is 5.69 Å². The van der Waals surface area contributed by atoms with Crippen molar-refractivity contribution < 1.29 is 14.9 Å². The molecule has 2 aromatic rings. The van der Waals surface area contributed by atoms with Crippen molar-refractivity contribution >= 4 is 23.3 Å². The van der Waals surface area contributed by atoms with E-state index < -0.39 is 0 Å². The van der Waals surface area contributed by atoms with Gasteiger partial charge in [-0.25, -0.2) is 0 Å². The molecule has 0 fully saturated rings. The highest BCUT2D eigenvalue weighted by molar-refractivity contribution is 5.83. The number of aromatic hydroxyl groups is 1. The van der Waals surface area contributed by atoms with Crippen LogP contribution in [0, 0.1) is 5.92 Å². The van der Waals surface area contributed by atoms with Crippen LogP contribution in [0.4, 0.5) is 23.3 Å². The molecule has 0 aliphatic carbocycles. The number of aliphatic hydroxyl groups excluding tert-OH is 1. The normalized spacial score (nSPS) is 14.3. The number of hydrogen-bond acceptors (Lipinski definition) is 10. The molecule has 2 heterocycles. The number of aromatic nitrogens is 2. The fraction of sp³-hybridized carbons (Fsp3) is 0.565. The molecule has 0 saturated heterocycles. The number of nitrogens with one attached hydrogen (secondary N) is 3. The SMILES string of the molecule is COc1cccc(CNc2nc(N[C@@H](CO)C(C)C)nc3c2N(C(C)C)NN3C(C)C)c1O. The molecule has 1 aliphatic heterocycles. The van der Waals surface area contributed by atoms with Gasteiger partial charge >= 0.3 is 0 Å². The van der Waals surface area contributed by atoms with Gasteiger partial charge in [0.2, 0.25) is 5.95 Å². The third-order valence-electron chi connectivity index (χ3n) is 5.65. The maximum Gasteiger partial charge on any atom is 0.227 e. The number of methoxy groups -OCH3 is 1. The highest BCUT2D eigenvalue weighted by Gasteiger charge is 2.35. The molecule has 33 heavy (non-hydrogen) atoms. The molecule has 10 heteroatoms. The lowest BCUT2D eigenvalue weighted by atomic mass is 10.1. The molecule has 0 amide bonds. The Bertz CT molecular complexity index is 952. The molecule has 5 N–H and O–H groups in total. The number of ether oxygens (including phenoxy) is 1. The minimum atomic E-state index is -0.179. The van der Waals surface area contributed by atoms with Crippen LogP contribution in [-0.2, 0) is 6.54 Å². The van der Waals surface area contributed by atoms with Gasteiger partial charge in [-0.3, -0.25) is 10.0 Å². The largest absolute Gasteiger partial charge is 0.504 e. The number of hydrogen-bond donors (Lipinski definition) is 5. The predicted molar refractivity (Wildman–Crippen MR) is 132 cm³/mol. The summed E-state index contributed by atoms with van der Waals surface area (Å²) in [5, 5.41) is 31.0. The first-order valence-electron chi connectivity index (χ1n) is 11.4. The standard InChI is InChI=1S/C23H37N7O3/c1-13(2)17(12-31)25-23-26-21(24-11-16-9-8-10-18(33-7)20(16)32)19-22(27-23)30(15(5)6)28-29(19)14(3)4/h8-10,13-15,17,28,31-32H,11-12H2,1-7H3,(H2,24,25,26,27)/t17-/m0/s1. The van der Waals surface area contributed by atoms with Crippen LogP contribution in [0.2, 0.25) is 0 Å². The molecule has 182 valence electrons. The Morgan fingerprint density at radius 2 is 1.76 bits per heavy atom. The summed E-state index contributed by atoms with van der Waals surface area (Å²) in [5.41, 5.74) is 4.94. The second-order valence-electron chi connectivity index (χ2n) is 9.09. The first kappa shape index (κ1) is 24.7. The molecule has 0 radical (unpaired) electrons. The number of phenols is 1. The van der Waals surface area contributed by atoms with Gasteiger partial charge in [0.15, 0.2) is 23.1 Å². The Labute approximate surface area is 195 Å². The van der Waals surface area contributed by atoms with E-state index in [0.717, 1.165) is 11.5 Å². The minimum Gasteiger partial charge on any atom is -0.504 e. The molecule has 0 spiro atoms. The Kier molecular flexibility index (Phi) is 7.70. The molecular formula is C23H37N7O3. The zero-order valence-electron chi connectivity index (χ0n) is 20.5. The number of nitrogens with zero attached hydrogens (tertiary/aromatic N) is 4. The molecule has 1 aliphatic rings.